The largest absolute Gasteiger partial charge is 0.444 e. The van der Waals surface area contributed by atoms with E-state index < -0.39 is 24.3 Å². The van der Waals surface area contributed by atoms with Gasteiger partial charge in [0.1, 0.15) is 5.60 Å². The van der Waals surface area contributed by atoms with Crippen molar-refractivity contribution in [3.05, 3.63) is 0 Å². The normalized spacial score (nSPS) is 20.7. The summed E-state index contributed by atoms with van der Waals surface area (Å²) in [5.74, 6) is 0. The third-order valence-electron chi connectivity index (χ3n) is 2.68. The number of hydrogen-bond acceptors (Lipinski definition) is 3. The van der Waals surface area contributed by atoms with Crippen molar-refractivity contribution in [1.29, 1.82) is 0 Å². The number of carbonyl (C=O) groups is 1. The molecule has 0 aromatic carbocycles. The molecule has 1 atom stereocenters. The van der Waals surface area contributed by atoms with Crippen LogP contribution in [0.2, 0.25) is 0 Å². The van der Waals surface area contributed by atoms with E-state index in [1.165, 1.54) is 4.90 Å². The highest BCUT2D eigenvalue weighted by Gasteiger charge is 2.31. The molecular formula is C12H21F3N2O2. The van der Waals surface area contributed by atoms with Crippen LogP contribution in [0.4, 0.5) is 18.0 Å². The van der Waals surface area contributed by atoms with Crippen molar-refractivity contribution in [3.8, 4) is 0 Å². The van der Waals surface area contributed by atoms with E-state index >= 15 is 0 Å². The molecule has 1 rings (SSSR count). The van der Waals surface area contributed by atoms with Crippen LogP contribution in [-0.4, -0.2) is 48.4 Å². The molecule has 0 aliphatic carbocycles. The minimum Gasteiger partial charge on any atom is -0.444 e. The summed E-state index contributed by atoms with van der Waals surface area (Å²) < 4.78 is 41.2. The highest BCUT2D eigenvalue weighted by molar-refractivity contribution is 5.68. The third-order valence-corrected chi connectivity index (χ3v) is 2.68. The van der Waals surface area contributed by atoms with Gasteiger partial charge in [0.05, 0.1) is 6.42 Å². The summed E-state index contributed by atoms with van der Waals surface area (Å²) in [6.07, 6.45) is -4.75. The molecule has 0 aromatic rings. The van der Waals surface area contributed by atoms with Crippen molar-refractivity contribution < 1.29 is 22.7 Å². The van der Waals surface area contributed by atoms with Crippen LogP contribution in [0.25, 0.3) is 0 Å². The molecule has 0 bridgehead atoms. The summed E-state index contributed by atoms with van der Waals surface area (Å²) in [4.78, 5) is 13.3. The zero-order valence-electron chi connectivity index (χ0n) is 11.5. The number of carbonyl (C=O) groups excluding carboxylic acids is 1. The van der Waals surface area contributed by atoms with Crippen LogP contribution in [0.15, 0.2) is 0 Å². The first-order valence-electron chi connectivity index (χ1n) is 6.35. The summed E-state index contributed by atoms with van der Waals surface area (Å²) in [6.45, 7) is 6.13. The van der Waals surface area contributed by atoms with E-state index in [1.54, 1.807) is 20.8 Å². The summed E-state index contributed by atoms with van der Waals surface area (Å²) >= 11 is 0. The van der Waals surface area contributed by atoms with Crippen LogP contribution >= 0.6 is 0 Å². The van der Waals surface area contributed by atoms with Gasteiger partial charge in [-0.1, -0.05) is 0 Å². The van der Waals surface area contributed by atoms with E-state index in [0.29, 0.717) is 19.5 Å². The Morgan fingerprint density at radius 3 is 2.53 bits per heavy atom. The van der Waals surface area contributed by atoms with Gasteiger partial charge in [0, 0.05) is 25.7 Å². The van der Waals surface area contributed by atoms with Gasteiger partial charge in [-0.3, -0.25) is 0 Å². The Hall–Kier alpha value is -0.980. The second-order valence-corrected chi connectivity index (χ2v) is 5.73. The lowest BCUT2D eigenvalue weighted by Gasteiger charge is -2.24. The number of nitrogens with zero attached hydrogens (tertiary/aromatic N) is 1. The smallest absolute Gasteiger partial charge is 0.410 e. The second-order valence-electron chi connectivity index (χ2n) is 5.73. The minimum absolute atomic E-state index is 0.0881. The number of likely N-dealkylation sites (tertiary alicyclic amines) is 1. The Kier molecular flexibility index (Phi) is 5.06. The van der Waals surface area contributed by atoms with Gasteiger partial charge in [-0.15, -0.1) is 0 Å². The van der Waals surface area contributed by atoms with Gasteiger partial charge in [-0.2, -0.15) is 13.2 Å². The van der Waals surface area contributed by atoms with Crippen LogP contribution in [0, 0.1) is 0 Å². The molecule has 1 heterocycles. The summed E-state index contributed by atoms with van der Waals surface area (Å²) in [5, 5.41) is 2.82. The molecule has 0 saturated carbocycles. The van der Waals surface area contributed by atoms with Gasteiger partial charge in [0.25, 0.3) is 0 Å². The molecule has 0 aromatic heterocycles. The SMILES string of the molecule is CC(C)(C)OC(=O)N1CC[C@@H](NCCC(F)(F)F)C1. The van der Waals surface area contributed by atoms with E-state index in [-0.39, 0.29) is 12.6 Å². The van der Waals surface area contributed by atoms with Gasteiger partial charge in [0.2, 0.25) is 0 Å². The number of rotatable bonds is 3. The highest BCUT2D eigenvalue weighted by Crippen LogP contribution is 2.19. The molecule has 1 N–H and O–H groups in total. The van der Waals surface area contributed by atoms with E-state index in [2.05, 4.69) is 5.32 Å². The second kappa shape index (κ2) is 5.98. The van der Waals surface area contributed by atoms with Crippen molar-refractivity contribution in [2.24, 2.45) is 0 Å². The molecule has 19 heavy (non-hydrogen) atoms. The van der Waals surface area contributed by atoms with Crippen LogP contribution < -0.4 is 5.32 Å². The van der Waals surface area contributed by atoms with Crippen LogP contribution in [0.3, 0.4) is 0 Å². The number of hydrogen-bond donors (Lipinski definition) is 1. The van der Waals surface area contributed by atoms with Gasteiger partial charge < -0.3 is 15.0 Å². The zero-order chi connectivity index (χ0) is 14.7. The number of amides is 1. The fraction of sp³-hybridized carbons (Fsp3) is 0.917. The quantitative estimate of drug-likeness (QED) is 0.865. The van der Waals surface area contributed by atoms with Gasteiger partial charge >= 0.3 is 12.3 Å². The van der Waals surface area contributed by atoms with Crippen molar-refractivity contribution in [2.45, 2.75) is 51.4 Å². The predicted molar refractivity (Wildman–Crippen MR) is 64.9 cm³/mol. The molecule has 1 aliphatic rings. The topological polar surface area (TPSA) is 41.6 Å². The van der Waals surface area contributed by atoms with Crippen LogP contribution in [0.5, 0.6) is 0 Å². The molecule has 112 valence electrons. The fourth-order valence-corrected chi connectivity index (χ4v) is 1.84. The van der Waals surface area contributed by atoms with E-state index in [1.807, 2.05) is 0 Å². The zero-order valence-corrected chi connectivity index (χ0v) is 11.5. The lowest BCUT2D eigenvalue weighted by molar-refractivity contribution is -0.133. The molecule has 0 radical (unpaired) electrons. The van der Waals surface area contributed by atoms with E-state index in [9.17, 15) is 18.0 Å². The Bertz CT molecular complexity index is 313. The van der Waals surface area contributed by atoms with Crippen molar-refractivity contribution in [2.75, 3.05) is 19.6 Å². The molecule has 1 saturated heterocycles. The first-order chi connectivity index (χ1) is 8.57. The van der Waals surface area contributed by atoms with E-state index in [0.717, 1.165) is 0 Å². The first kappa shape index (κ1) is 16.1. The molecule has 4 nitrogen and oxygen atoms in total. The number of halogens is 3. The summed E-state index contributed by atoms with van der Waals surface area (Å²) in [7, 11) is 0. The fourth-order valence-electron chi connectivity index (χ4n) is 1.84. The molecular weight excluding hydrogens is 261 g/mol. The number of ether oxygens (including phenoxy) is 1. The number of alkyl halides is 3. The average molecular weight is 282 g/mol. The minimum atomic E-state index is -4.14. The highest BCUT2D eigenvalue weighted by atomic mass is 19.4. The Morgan fingerprint density at radius 1 is 1.37 bits per heavy atom. The maximum atomic E-state index is 12.0. The lowest BCUT2D eigenvalue weighted by Crippen LogP contribution is -2.39. The van der Waals surface area contributed by atoms with Crippen molar-refractivity contribution in [3.63, 3.8) is 0 Å². The number of nitrogens with one attached hydrogen (secondary N) is 1. The molecule has 1 aliphatic heterocycles. The summed E-state index contributed by atoms with van der Waals surface area (Å²) in [5.41, 5.74) is -0.557. The molecule has 7 heteroatoms. The predicted octanol–water partition coefficient (Wildman–Crippen LogP) is 2.54. The molecule has 0 spiro atoms. The lowest BCUT2D eigenvalue weighted by atomic mass is 10.2. The summed E-state index contributed by atoms with van der Waals surface area (Å²) in [6, 6.07) is -0.0881. The third kappa shape index (κ3) is 6.66. The molecule has 1 amide bonds. The van der Waals surface area contributed by atoms with Crippen molar-refractivity contribution in [1.82, 2.24) is 10.2 Å². The Labute approximate surface area is 111 Å². The van der Waals surface area contributed by atoms with Crippen LogP contribution in [-0.2, 0) is 4.74 Å². The molecule has 1 fully saturated rings. The molecule has 0 unspecified atom stereocenters. The monoisotopic (exact) mass is 282 g/mol. The van der Waals surface area contributed by atoms with Crippen molar-refractivity contribution >= 4 is 6.09 Å². The van der Waals surface area contributed by atoms with Gasteiger partial charge in [-0.05, 0) is 27.2 Å². The van der Waals surface area contributed by atoms with Gasteiger partial charge in [0.15, 0.2) is 0 Å². The maximum Gasteiger partial charge on any atom is 0.410 e. The Balaban J connectivity index is 2.28. The van der Waals surface area contributed by atoms with E-state index in [4.69, 9.17) is 4.74 Å². The first-order valence-corrected chi connectivity index (χ1v) is 6.35. The van der Waals surface area contributed by atoms with Crippen LogP contribution in [0.1, 0.15) is 33.6 Å². The average Bonchev–Trinajstić information content (AvgIpc) is 2.61. The standard InChI is InChI=1S/C12H21F3N2O2/c1-11(2,3)19-10(18)17-7-4-9(8-17)16-6-5-12(13,14)15/h9,16H,4-8H2,1-3H3/t9-/m1/s1. The Morgan fingerprint density at radius 2 is 2.00 bits per heavy atom. The maximum absolute atomic E-state index is 12.0. The van der Waals surface area contributed by atoms with Gasteiger partial charge in [-0.25, -0.2) is 4.79 Å².